The average Bonchev–Trinajstić information content (AvgIpc) is 3.04. The van der Waals surface area contributed by atoms with Crippen LogP contribution in [0.3, 0.4) is 0 Å². The quantitative estimate of drug-likeness (QED) is 0.859. The van der Waals surface area contributed by atoms with Crippen molar-refractivity contribution in [1.82, 2.24) is 14.6 Å². The fraction of sp³-hybridized carbons (Fsp3) is 0.538. The number of hydrogen-bond donors (Lipinski definition) is 2. The van der Waals surface area contributed by atoms with E-state index in [-0.39, 0.29) is 0 Å². The molecule has 96 valence electrons. The van der Waals surface area contributed by atoms with Crippen molar-refractivity contribution in [3.63, 3.8) is 0 Å². The number of nitrogens with two attached hydrogens (primary N) is 1. The van der Waals surface area contributed by atoms with Crippen LogP contribution in [0.4, 0.5) is 5.95 Å². The summed E-state index contributed by atoms with van der Waals surface area (Å²) >= 11 is 0. The minimum atomic E-state index is 0.296. The summed E-state index contributed by atoms with van der Waals surface area (Å²) in [5, 5.41) is 7.80. The lowest BCUT2D eigenvalue weighted by Gasteiger charge is -2.22. The summed E-state index contributed by atoms with van der Waals surface area (Å²) < 4.78 is 1.78. The van der Waals surface area contributed by atoms with Crippen molar-refractivity contribution in [3.8, 4) is 0 Å². The monoisotopic (exact) mass is 245 g/mol. The van der Waals surface area contributed by atoms with E-state index in [4.69, 9.17) is 5.73 Å². The maximum atomic E-state index is 5.87. The molecule has 2 aromatic rings. The summed E-state index contributed by atoms with van der Waals surface area (Å²) in [6.45, 7) is 0.639. The Hall–Kier alpha value is -1.62. The normalized spacial score (nSPS) is 18.3. The van der Waals surface area contributed by atoms with E-state index in [1.165, 1.54) is 25.7 Å². The third-order valence-electron chi connectivity index (χ3n) is 3.78. The molecule has 0 saturated heterocycles. The fourth-order valence-corrected chi connectivity index (χ4v) is 2.79. The maximum Gasteiger partial charge on any atom is 0.243 e. The Morgan fingerprint density at radius 1 is 1.39 bits per heavy atom. The molecule has 2 heterocycles. The number of anilines is 1. The molecular formula is C13H19N5. The SMILES string of the molecule is NCC(Nc1nc2ccccn2n1)C1CCCC1. The van der Waals surface area contributed by atoms with Crippen LogP contribution < -0.4 is 11.1 Å². The highest BCUT2D eigenvalue weighted by Crippen LogP contribution is 2.28. The van der Waals surface area contributed by atoms with Crippen molar-refractivity contribution in [3.05, 3.63) is 24.4 Å². The van der Waals surface area contributed by atoms with Crippen LogP contribution >= 0.6 is 0 Å². The molecule has 1 atom stereocenters. The lowest BCUT2D eigenvalue weighted by molar-refractivity contribution is 0.460. The molecule has 0 bridgehead atoms. The summed E-state index contributed by atoms with van der Waals surface area (Å²) in [5.41, 5.74) is 6.73. The first-order valence-corrected chi connectivity index (χ1v) is 6.65. The molecule has 5 heteroatoms. The topological polar surface area (TPSA) is 68.2 Å². The van der Waals surface area contributed by atoms with Crippen LogP contribution in [-0.4, -0.2) is 27.2 Å². The molecule has 5 nitrogen and oxygen atoms in total. The Balaban J connectivity index is 1.77. The Labute approximate surface area is 106 Å². The van der Waals surface area contributed by atoms with Crippen LogP contribution in [0, 0.1) is 5.92 Å². The number of hydrogen-bond acceptors (Lipinski definition) is 4. The summed E-state index contributed by atoms with van der Waals surface area (Å²) in [5.74, 6) is 1.35. The van der Waals surface area contributed by atoms with E-state index >= 15 is 0 Å². The second kappa shape index (κ2) is 4.94. The summed E-state index contributed by atoms with van der Waals surface area (Å²) in [6, 6.07) is 6.16. The van der Waals surface area contributed by atoms with E-state index in [0.29, 0.717) is 24.5 Å². The molecule has 0 aromatic carbocycles. The molecule has 1 saturated carbocycles. The van der Waals surface area contributed by atoms with Gasteiger partial charge in [-0.2, -0.15) is 4.98 Å². The Morgan fingerprint density at radius 3 is 2.94 bits per heavy atom. The van der Waals surface area contributed by atoms with Crippen molar-refractivity contribution in [2.75, 3.05) is 11.9 Å². The smallest absolute Gasteiger partial charge is 0.243 e. The van der Waals surface area contributed by atoms with E-state index in [2.05, 4.69) is 15.4 Å². The van der Waals surface area contributed by atoms with Crippen LogP contribution in [0.15, 0.2) is 24.4 Å². The second-order valence-electron chi connectivity index (χ2n) is 4.97. The van der Waals surface area contributed by atoms with Gasteiger partial charge in [-0.05, 0) is 30.9 Å². The van der Waals surface area contributed by atoms with Gasteiger partial charge in [0.25, 0.3) is 0 Å². The molecule has 0 spiro atoms. The molecular weight excluding hydrogens is 226 g/mol. The largest absolute Gasteiger partial charge is 0.349 e. The molecule has 3 rings (SSSR count). The number of rotatable bonds is 4. The summed E-state index contributed by atoms with van der Waals surface area (Å²) in [4.78, 5) is 4.46. The molecule has 1 aliphatic rings. The molecule has 1 aliphatic carbocycles. The molecule has 1 unspecified atom stereocenters. The highest BCUT2D eigenvalue weighted by molar-refractivity contribution is 5.43. The van der Waals surface area contributed by atoms with Gasteiger partial charge in [-0.1, -0.05) is 18.9 Å². The lowest BCUT2D eigenvalue weighted by atomic mass is 9.98. The van der Waals surface area contributed by atoms with Crippen molar-refractivity contribution >= 4 is 11.6 Å². The van der Waals surface area contributed by atoms with Gasteiger partial charge in [0.2, 0.25) is 5.95 Å². The number of fused-ring (bicyclic) bond motifs is 1. The zero-order valence-electron chi connectivity index (χ0n) is 10.4. The van der Waals surface area contributed by atoms with Gasteiger partial charge in [0.1, 0.15) is 0 Å². The third kappa shape index (κ3) is 2.18. The number of aromatic nitrogens is 3. The highest BCUT2D eigenvalue weighted by Gasteiger charge is 2.24. The first-order chi connectivity index (χ1) is 8.86. The molecule has 2 aromatic heterocycles. The van der Waals surface area contributed by atoms with Gasteiger partial charge < -0.3 is 11.1 Å². The average molecular weight is 245 g/mol. The predicted molar refractivity (Wildman–Crippen MR) is 71.4 cm³/mol. The van der Waals surface area contributed by atoms with Gasteiger partial charge in [0, 0.05) is 18.8 Å². The molecule has 0 radical (unpaired) electrons. The Kier molecular flexibility index (Phi) is 3.15. The van der Waals surface area contributed by atoms with Crippen molar-refractivity contribution in [2.24, 2.45) is 11.7 Å². The summed E-state index contributed by atoms with van der Waals surface area (Å²) in [6.07, 6.45) is 7.08. The Bertz CT molecular complexity index is 482. The molecule has 0 aliphatic heterocycles. The highest BCUT2D eigenvalue weighted by atomic mass is 15.3. The van der Waals surface area contributed by atoms with E-state index in [0.717, 1.165) is 5.65 Å². The van der Waals surface area contributed by atoms with Crippen LogP contribution in [0.5, 0.6) is 0 Å². The van der Waals surface area contributed by atoms with Gasteiger partial charge in [0.15, 0.2) is 5.65 Å². The second-order valence-corrected chi connectivity index (χ2v) is 4.97. The van der Waals surface area contributed by atoms with Gasteiger partial charge >= 0.3 is 0 Å². The zero-order chi connectivity index (χ0) is 12.4. The van der Waals surface area contributed by atoms with Crippen molar-refractivity contribution < 1.29 is 0 Å². The van der Waals surface area contributed by atoms with Crippen LogP contribution in [0.25, 0.3) is 5.65 Å². The van der Waals surface area contributed by atoms with Crippen LogP contribution in [0.1, 0.15) is 25.7 Å². The molecule has 18 heavy (non-hydrogen) atoms. The predicted octanol–water partition coefficient (Wildman–Crippen LogP) is 1.66. The first-order valence-electron chi connectivity index (χ1n) is 6.65. The first kappa shape index (κ1) is 11.5. The Morgan fingerprint density at radius 2 is 2.22 bits per heavy atom. The zero-order valence-corrected chi connectivity index (χ0v) is 10.4. The minimum Gasteiger partial charge on any atom is -0.349 e. The van der Waals surface area contributed by atoms with E-state index in [9.17, 15) is 0 Å². The van der Waals surface area contributed by atoms with Gasteiger partial charge in [-0.25, -0.2) is 4.52 Å². The summed E-state index contributed by atoms with van der Waals surface area (Å²) in [7, 11) is 0. The number of pyridine rings is 1. The molecule has 1 fully saturated rings. The van der Waals surface area contributed by atoms with E-state index in [1.54, 1.807) is 4.52 Å². The van der Waals surface area contributed by atoms with E-state index in [1.807, 2.05) is 24.4 Å². The van der Waals surface area contributed by atoms with Gasteiger partial charge in [-0.15, -0.1) is 5.10 Å². The lowest BCUT2D eigenvalue weighted by Crippen LogP contribution is -2.35. The van der Waals surface area contributed by atoms with E-state index < -0.39 is 0 Å². The van der Waals surface area contributed by atoms with Gasteiger partial charge in [-0.3, -0.25) is 0 Å². The third-order valence-corrected chi connectivity index (χ3v) is 3.78. The molecule has 3 N–H and O–H groups in total. The van der Waals surface area contributed by atoms with Crippen LogP contribution in [-0.2, 0) is 0 Å². The van der Waals surface area contributed by atoms with Gasteiger partial charge in [0.05, 0.1) is 0 Å². The van der Waals surface area contributed by atoms with Crippen molar-refractivity contribution in [1.29, 1.82) is 0 Å². The minimum absolute atomic E-state index is 0.296. The molecule has 0 amide bonds. The van der Waals surface area contributed by atoms with Crippen molar-refractivity contribution in [2.45, 2.75) is 31.7 Å². The number of nitrogens with one attached hydrogen (secondary N) is 1. The standard InChI is InChI=1S/C13H19N5/c14-9-11(10-5-1-2-6-10)15-13-16-12-7-3-4-8-18(12)17-13/h3-4,7-8,10-11H,1-2,5-6,9,14H2,(H,15,17). The van der Waals surface area contributed by atoms with Crippen LogP contribution in [0.2, 0.25) is 0 Å². The maximum absolute atomic E-state index is 5.87. The number of nitrogens with zero attached hydrogens (tertiary/aromatic N) is 3. The fourth-order valence-electron chi connectivity index (χ4n) is 2.79.